The number of carbonyl (C=O) groups excluding carboxylic acids is 1. The molecule has 2 rings (SSSR count). The molecule has 0 saturated carbocycles. The molecule has 0 saturated heterocycles. The van der Waals surface area contributed by atoms with Crippen molar-refractivity contribution >= 4 is 23.5 Å². The summed E-state index contributed by atoms with van der Waals surface area (Å²) in [5.41, 5.74) is 3.52. The molecule has 0 atom stereocenters. The SMILES string of the molecule is O=C(CNc1ccc(F)cc1)NN=Cc1ccc([N+](=O)[O-])cc1. The van der Waals surface area contributed by atoms with Crippen LogP contribution in [0, 0.1) is 15.9 Å². The van der Waals surface area contributed by atoms with Crippen LogP contribution < -0.4 is 10.7 Å². The molecule has 2 aromatic rings. The van der Waals surface area contributed by atoms with Gasteiger partial charge in [-0.05, 0) is 42.0 Å². The average molecular weight is 316 g/mol. The molecule has 7 nitrogen and oxygen atoms in total. The van der Waals surface area contributed by atoms with Crippen LogP contribution in [0.25, 0.3) is 0 Å². The number of rotatable bonds is 6. The van der Waals surface area contributed by atoms with E-state index in [9.17, 15) is 19.3 Å². The van der Waals surface area contributed by atoms with E-state index in [2.05, 4.69) is 15.8 Å². The van der Waals surface area contributed by atoms with E-state index in [4.69, 9.17) is 0 Å². The number of hydrogen-bond acceptors (Lipinski definition) is 5. The smallest absolute Gasteiger partial charge is 0.269 e. The molecule has 8 heteroatoms. The predicted molar refractivity (Wildman–Crippen MR) is 83.7 cm³/mol. The molecule has 1 amide bonds. The van der Waals surface area contributed by atoms with E-state index in [1.54, 1.807) is 0 Å². The largest absolute Gasteiger partial charge is 0.376 e. The molecule has 0 aliphatic carbocycles. The molecular weight excluding hydrogens is 303 g/mol. The number of hydrazone groups is 1. The minimum atomic E-state index is -0.496. The Morgan fingerprint density at radius 1 is 1.17 bits per heavy atom. The molecule has 0 radical (unpaired) electrons. The van der Waals surface area contributed by atoms with Crippen LogP contribution in [0.15, 0.2) is 53.6 Å². The fourth-order valence-corrected chi connectivity index (χ4v) is 1.65. The molecule has 2 N–H and O–H groups in total. The van der Waals surface area contributed by atoms with Gasteiger partial charge < -0.3 is 5.32 Å². The molecule has 0 spiro atoms. The summed E-state index contributed by atoms with van der Waals surface area (Å²) in [7, 11) is 0. The number of nitrogens with one attached hydrogen (secondary N) is 2. The highest BCUT2D eigenvalue weighted by molar-refractivity contribution is 5.84. The number of amides is 1. The van der Waals surface area contributed by atoms with Crippen molar-refractivity contribution in [2.75, 3.05) is 11.9 Å². The van der Waals surface area contributed by atoms with Crippen molar-refractivity contribution in [2.24, 2.45) is 5.10 Å². The van der Waals surface area contributed by atoms with Crippen molar-refractivity contribution in [3.05, 3.63) is 70.0 Å². The van der Waals surface area contributed by atoms with E-state index in [0.717, 1.165) is 0 Å². The van der Waals surface area contributed by atoms with Crippen molar-refractivity contribution in [1.29, 1.82) is 0 Å². The minimum absolute atomic E-state index is 0.0188. The van der Waals surface area contributed by atoms with E-state index in [1.165, 1.54) is 54.7 Å². The zero-order valence-electron chi connectivity index (χ0n) is 11.9. The van der Waals surface area contributed by atoms with Gasteiger partial charge in [0.05, 0.1) is 17.7 Å². The Hall–Kier alpha value is -3.29. The Bertz CT molecular complexity index is 715. The summed E-state index contributed by atoms with van der Waals surface area (Å²) in [5, 5.41) is 17.1. The molecule has 23 heavy (non-hydrogen) atoms. The fraction of sp³-hybridized carbons (Fsp3) is 0.0667. The maximum Gasteiger partial charge on any atom is 0.269 e. The first-order valence-corrected chi connectivity index (χ1v) is 6.60. The lowest BCUT2D eigenvalue weighted by Crippen LogP contribution is -2.25. The van der Waals surface area contributed by atoms with Gasteiger partial charge in [0.15, 0.2) is 0 Å². The maximum absolute atomic E-state index is 12.7. The van der Waals surface area contributed by atoms with Crippen molar-refractivity contribution in [3.63, 3.8) is 0 Å². The van der Waals surface area contributed by atoms with Crippen LogP contribution in [0.2, 0.25) is 0 Å². The number of hydrogen-bond donors (Lipinski definition) is 2. The Balaban J connectivity index is 1.79. The molecule has 0 aliphatic rings. The summed E-state index contributed by atoms with van der Waals surface area (Å²) < 4.78 is 12.7. The van der Waals surface area contributed by atoms with E-state index in [1.807, 2.05) is 0 Å². The van der Waals surface area contributed by atoms with Crippen molar-refractivity contribution < 1.29 is 14.1 Å². The Kier molecular flexibility index (Phi) is 5.35. The van der Waals surface area contributed by atoms with Crippen LogP contribution >= 0.6 is 0 Å². The lowest BCUT2D eigenvalue weighted by molar-refractivity contribution is -0.384. The first kappa shape index (κ1) is 16.1. The van der Waals surface area contributed by atoms with Crippen LogP contribution in [0.5, 0.6) is 0 Å². The third-order valence-electron chi connectivity index (χ3n) is 2.80. The second kappa shape index (κ2) is 7.64. The summed E-state index contributed by atoms with van der Waals surface area (Å²) in [4.78, 5) is 21.6. The van der Waals surface area contributed by atoms with Gasteiger partial charge in [0, 0.05) is 17.8 Å². The van der Waals surface area contributed by atoms with Crippen LogP contribution in [0.3, 0.4) is 0 Å². The molecule has 0 fully saturated rings. The first-order chi connectivity index (χ1) is 11.0. The highest BCUT2D eigenvalue weighted by Gasteiger charge is 2.03. The lowest BCUT2D eigenvalue weighted by Gasteiger charge is -2.04. The van der Waals surface area contributed by atoms with Crippen LogP contribution in [0.4, 0.5) is 15.8 Å². The molecule has 0 aromatic heterocycles. The number of benzene rings is 2. The number of carbonyl (C=O) groups is 1. The van der Waals surface area contributed by atoms with Crippen LogP contribution in [0.1, 0.15) is 5.56 Å². The normalized spacial score (nSPS) is 10.5. The van der Waals surface area contributed by atoms with Gasteiger partial charge in [-0.2, -0.15) is 5.10 Å². The van der Waals surface area contributed by atoms with Gasteiger partial charge in [-0.3, -0.25) is 14.9 Å². The Labute approximate surface area is 131 Å². The molecule has 0 aliphatic heterocycles. The first-order valence-electron chi connectivity index (χ1n) is 6.60. The summed E-state index contributed by atoms with van der Waals surface area (Å²) in [6, 6.07) is 11.3. The zero-order chi connectivity index (χ0) is 16.7. The highest BCUT2D eigenvalue weighted by atomic mass is 19.1. The maximum atomic E-state index is 12.7. The number of nitrogens with zero attached hydrogens (tertiary/aromatic N) is 2. The molecule has 2 aromatic carbocycles. The van der Waals surface area contributed by atoms with Gasteiger partial charge in [-0.1, -0.05) is 0 Å². The van der Waals surface area contributed by atoms with Crippen molar-refractivity contribution in [3.8, 4) is 0 Å². The second-order valence-electron chi connectivity index (χ2n) is 4.50. The van der Waals surface area contributed by atoms with Gasteiger partial charge in [0.25, 0.3) is 11.6 Å². The third kappa shape index (κ3) is 5.20. The van der Waals surface area contributed by atoms with E-state index in [-0.39, 0.29) is 24.0 Å². The fourth-order valence-electron chi connectivity index (χ4n) is 1.65. The molecule has 0 heterocycles. The van der Waals surface area contributed by atoms with Gasteiger partial charge in [0.1, 0.15) is 5.82 Å². The van der Waals surface area contributed by atoms with Crippen molar-refractivity contribution in [2.45, 2.75) is 0 Å². The summed E-state index contributed by atoms with van der Waals surface area (Å²) >= 11 is 0. The number of halogens is 1. The average Bonchev–Trinajstić information content (AvgIpc) is 2.55. The van der Waals surface area contributed by atoms with Crippen LogP contribution in [-0.4, -0.2) is 23.6 Å². The lowest BCUT2D eigenvalue weighted by atomic mass is 10.2. The summed E-state index contributed by atoms with van der Waals surface area (Å²) in [5.74, 6) is -0.736. The number of nitro benzene ring substituents is 1. The van der Waals surface area contributed by atoms with Gasteiger partial charge >= 0.3 is 0 Å². The highest BCUT2D eigenvalue weighted by Crippen LogP contribution is 2.10. The van der Waals surface area contributed by atoms with E-state index < -0.39 is 4.92 Å². The van der Waals surface area contributed by atoms with E-state index in [0.29, 0.717) is 11.3 Å². The summed E-state index contributed by atoms with van der Waals surface area (Å²) in [6.45, 7) is -0.0246. The molecule has 118 valence electrons. The zero-order valence-corrected chi connectivity index (χ0v) is 11.9. The number of non-ortho nitro benzene ring substituents is 1. The Morgan fingerprint density at radius 3 is 2.43 bits per heavy atom. The number of anilines is 1. The Morgan fingerprint density at radius 2 is 1.83 bits per heavy atom. The molecular formula is C15H13FN4O3. The minimum Gasteiger partial charge on any atom is -0.376 e. The van der Waals surface area contributed by atoms with E-state index >= 15 is 0 Å². The quantitative estimate of drug-likeness (QED) is 0.485. The van der Waals surface area contributed by atoms with Crippen molar-refractivity contribution in [1.82, 2.24) is 5.43 Å². The molecule has 0 unspecified atom stereocenters. The number of nitro groups is 1. The predicted octanol–water partition coefficient (Wildman–Crippen LogP) is 2.30. The second-order valence-corrected chi connectivity index (χ2v) is 4.50. The third-order valence-corrected chi connectivity index (χ3v) is 2.80. The van der Waals surface area contributed by atoms with Crippen LogP contribution in [-0.2, 0) is 4.79 Å². The van der Waals surface area contributed by atoms with Gasteiger partial charge in [-0.15, -0.1) is 0 Å². The standard InChI is InChI=1S/C15H13FN4O3/c16-12-3-5-13(6-4-12)17-10-15(21)19-18-9-11-1-7-14(8-2-11)20(22)23/h1-9,17H,10H2,(H,19,21). The topological polar surface area (TPSA) is 96.6 Å². The monoisotopic (exact) mass is 316 g/mol. The van der Waals surface area contributed by atoms with Gasteiger partial charge in [0.2, 0.25) is 0 Å². The van der Waals surface area contributed by atoms with Gasteiger partial charge in [-0.25, -0.2) is 9.82 Å². The molecule has 0 bridgehead atoms. The summed E-state index contributed by atoms with van der Waals surface area (Å²) in [6.07, 6.45) is 1.37.